The Morgan fingerprint density at radius 1 is 0.246 bits per heavy atom. The summed E-state index contributed by atoms with van der Waals surface area (Å²) in [5.41, 5.74) is 18.5. The van der Waals surface area contributed by atoms with Gasteiger partial charge in [-0.2, -0.15) is 0 Å². The van der Waals surface area contributed by atoms with Crippen LogP contribution in [0, 0.1) is 0 Å². The van der Waals surface area contributed by atoms with Gasteiger partial charge in [0.15, 0.2) is 0 Å². The summed E-state index contributed by atoms with van der Waals surface area (Å²) in [6.07, 6.45) is 27.0. The molecule has 0 saturated carbocycles. The number of nitrogens with zero attached hydrogens (tertiary/aromatic N) is 14. The van der Waals surface area contributed by atoms with Crippen LogP contribution in [0.5, 0.6) is 0 Å². The summed E-state index contributed by atoms with van der Waals surface area (Å²) in [6.45, 7) is 138. The number of allylic oxidation sites excluding steroid dienone is 14. The lowest BCUT2D eigenvalue weighted by Gasteiger charge is -2.42. The fraction of sp³-hybridized carbons (Fsp3) is 0.821. The summed E-state index contributed by atoms with van der Waals surface area (Å²) < 4.78 is 29.9. The van der Waals surface area contributed by atoms with Crippen molar-refractivity contribution in [1.29, 1.82) is 0 Å². The molecule has 0 radical (unpaired) electrons. The van der Waals surface area contributed by atoms with Gasteiger partial charge in [-0.05, 0) is 324 Å². The summed E-state index contributed by atoms with van der Waals surface area (Å²) in [5, 5.41) is 0. The first-order valence-electron chi connectivity index (χ1n) is 56.7. The van der Waals surface area contributed by atoms with Crippen LogP contribution in [0.25, 0.3) is 0 Å². The quantitative estimate of drug-likeness (QED) is 0.0441. The van der Waals surface area contributed by atoms with Gasteiger partial charge in [0.1, 0.15) is 0 Å². The van der Waals surface area contributed by atoms with E-state index in [1.165, 1.54) is 69.1 Å². The van der Waals surface area contributed by atoms with Gasteiger partial charge in [0.25, 0.3) is 0 Å². The molecule has 0 aromatic carbocycles. The molecule has 21 heteroatoms. The Hall–Kier alpha value is -1.80. The van der Waals surface area contributed by atoms with Crippen molar-refractivity contribution < 1.29 is 0 Å². The highest BCUT2D eigenvalue weighted by molar-refractivity contribution is 6.62. The molecule has 0 rings (SSSR count). The molecular weight excluding hydrogens is 1790 g/mol. The van der Waals surface area contributed by atoms with Crippen LogP contribution in [0.2, 0.25) is 66.9 Å². The average molecular weight is 2030 g/mol. The number of aliphatic imine (C=N–C) groups is 7. The van der Waals surface area contributed by atoms with Gasteiger partial charge in [0.2, 0.25) is 0 Å². The predicted octanol–water partition coefficient (Wildman–Crippen LogP) is 36.2. The standard InChI is InChI=1S/C15H29N2.C13H25N2.2C11H21N2.2C9H17N2.C7H13N2.14C3H7.7Al/c1-7-12(5)16-14(9-3)11-15(10-4)17-13(6)8-2;1-7-12(14-10(3)4)9-13(8-2)15-11(5)6;1-8(2)12-10(5)7-11(6)13-9(3)4;1-5-10(12-7-3)9-11(6-2)13-8-4;1-5-8(10-3)7-9(6-2)11-4;1-5-10-8(3)7-9(4)11-6-2;1-6(8-3)5-7(2)9-4;14*1-3-2;;;;;;;/h11-13H,7-10H2,1-6H3;9-11H,7-8H2,1-6H3;7-9H,1-6H3;9H,5-8H2,1-4H3;2*7H,5-6H2,1-4H3;5H,1-4H3;14*3H,1-2H3;;;;;;;/q7*-1;;;;;;;;;;;;;;;7*+1/b14-11-,17-15?;12-9-,15-13?;10-7-,13-11?;10-9-,13-11?;2*8-7-,11-9?;6-5-,9-7?;;;;;;;;;;;;;;;;;;;;;. The Labute approximate surface area is 900 Å². The average Bonchev–Trinajstić information content (AvgIpc) is 0.805. The van der Waals surface area contributed by atoms with Crippen molar-refractivity contribution in [2.24, 2.45) is 34.9 Å². The minimum atomic E-state index is -1.05. The van der Waals surface area contributed by atoms with Crippen molar-refractivity contribution in [3.8, 4) is 0 Å². The second-order valence-corrected chi connectivity index (χ2v) is 75.2. The van der Waals surface area contributed by atoms with E-state index in [1.54, 1.807) is 0 Å². The molecule has 0 saturated heterocycles. The molecule has 138 heavy (non-hydrogen) atoms. The van der Waals surface area contributed by atoms with Crippen molar-refractivity contribution in [3.63, 3.8) is 0 Å². The van der Waals surface area contributed by atoms with E-state index < -0.39 is 101 Å². The van der Waals surface area contributed by atoms with E-state index in [2.05, 4.69) is 510 Å². The fourth-order valence-corrected chi connectivity index (χ4v) is 49.6. The van der Waals surface area contributed by atoms with Crippen LogP contribution in [0.1, 0.15) is 466 Å². The highest BCUT2D eigenvalue weighted by atomic mass is 27.2. The predicted molar refractivity (Wildman–Crippen MR) is 655 cm³/mol. The molecule has 0 amide bonds. The topological polar surface area (TPSA) is 109 Å². The van der Waals surface area contributed by atoms with E-state index >= 15 is 0 Å². The van der Waals surface area contributed by atoms with Crippen LogP contribution < -0.4 is 0 Å². The van der Waals surface area contributed by atoms with Crippen LogP contribution in [-0.4, -0.2) is 258 Å². The molecule has 0 aromatic rings. The third-order valence-corrected chi connectivity index (χ3v) is 55.9. The van der Waals surface area contributed by atoms with Gasteiger partial charge in [-0.1, -0.05) is 330 Å². The Kier molecular flexibility index (Phi) is 90.8. The van der Waals surface area contributed by atoms with E-state index in [9.17, 15) is 0 Å². The Morgan fingerprint density at radius 3 is 0.848 bits per heavy atom. The second kappa shape index (κ2) is 84.1. The van der Waals surface area contributed by atoms with Gasteiger partial charge in [0.05, 0.1) is 0 Å². The van der Waals surface area contributed by atoms with E-state index in [0.717, 1.165) is 168 Å². The first kappa shape index (κ1) is 149. The van der Waals surface area contributed by atoms with Crippen LogP contribution in [-0.2, 0) is 0 Å². The third-order valence-electron chi connectivity index (χ3n) is 26.7. The summed E-state index contributed by atoms with van der Waals surface area (Å²) in [4.78, 5) is 32.0. The van der Waals surface area contributed by atoms with E-state index in [0.29, 0.717) is 36.3 Å². The van der Waals surface area contributed by atoms with Crippen molar-refractivity contribution in [1.82, 2.24) is 27.2 Å². The van der Waals surface area contributed by atoms with Gasteiger partial charge in [-0.15, -0.1) is 0 Å². The van der Waals surface area contributed by atoms with Gasteiger partial charge in [0, 0.05) is 91.3 Å². The minimum absolute atomic E-state index is 0.370. The summed E-state index contributed by atoms with van der Waals surface area (Å²) in [5.74, 6) is 0. The largest absolute Gasteiger partial charge is 0.469 e. The number of hydrogen-bond acceptors (Lipinski definition) is 14. The zero-order valence-electron chi connectivity index (χ0n) is 105. The smallest absolute Gasteiger partial charge is 0.419 e. The van der Waals surface area contributed by atoms with Crippen molar-refractivity contribution in [2.75, 3.05) is 54.4 Å². The van der Waals surface area contributed by atoms with Crippen LogP contribution >= 0.6 is 0 Å². The van der Waals surface area contributed by atoms with Gasteiger partial charge < -0.3 is 27.2 Å². The lowest BCUT2D eigenvalue weighted by Crippen LogP contribution is -2.47. The van der Waals surface area contributed by atoms with E-state index in [-0.39, 0.29) is 0 Å². The zero-order valence-corrected chi connectivity index (χ0v) is 113. The second-order valence-electron chi connectivity index (χ2n) is 45.2. The van der Waals surface area contributed by atoms with Crippen LogP contribution in [0.4, 0.5) is 0 Å². The number of rotatable bonds is 55. The fourth-order valence-electron chi connectivity index (χ4n) is 21.3. The van der Waals surface area contributed by atoms with E-state index in [1.807, 2.05) is 14.1 Å². The maximum absolute atomic E-state index is 4.95. The van der Waals surface area contributed by atoms with Gasteiger partial charge in [-0.3, -0.25) is 34.9 Å². The van der Waals surface area contributed by atoms with Gasteiger partial charge >= 0.3 is 101 Å². The molecule has 0 aliphatic carbocycles. The molecule has 2 atom stereocenters. The van der Waals surface area contributed by atoms with Crippen molar-refractivity contribution in [3.05, 3.63) is 82.4 Å². The van der Waals surface area contributed by atoms with Crippen molar-refractivity contribution in [2.45, 2.75) is 569 Å². The normalized spacial score (nSPS) is 14.0. The number of hydrogen-bond donors (Lipinski definition) is 0. The molecule has 0 fully saturated rings. The molecule has 14 nitrogen and oxygen atoms in total. The van der Waals surface area contributed by atoms with E-state index in [4.69, 9.17) is 9.98 Å². The maximum Gasteiger partial charge on any atom is 0.419 e. The summed E-state index contributed by atoms with van der Waals surface area (Å²) in [6, 6.07) is 2.94. The molecule has 2 unspecified atom stereocenters. The molecule has 0 aliphatic rings. The summed E-state index contributed by atoms with van der Waals surface area (Å²) >= 11 is -6.76. The van der Waals surface area contributed by atoms with Gasteiger partial charge in [-0.25, -0.2) is 0 Å². The molecule has 0 aromatic heterocycles. The van der Waals surface area contributed by atoms with Crippen LogP contribution in [0.15, 0.2) is 117 Å². The zero-order chi connectivity index (χ0) is 110. The summed E-state index contributed by atoms with van der Waals surface area (Å²) in [7, 11) is 8.27. The Morgan fingerprint density at radius 2 is 0.551 bits per heavy atom. The minimum Gasteiger partial charge on any atom is -0.469 e. The lowest BCUT2D eigenvalue weighted by atomic mass is 10.1. The highest BCUT2D eigenvalue weighted by Gasteiger charge is 2.41. The Balaban J connectivity index is -0.000000291. The molecule has 0 N–H and O–H groups in total. The molecule has 0 spiro atoms. The van der Waals surface area contributed by atoms with Crippen molar-refractivity contribution >= 4 is 141 Å². The van der Waals surface area contributed by atoms with Crippen LogP contribution in [0.3, 0.4) is 0 Å². The first-order valence-corrected chi connectivity index (χ1v) is 69.7. The molecule has 0 aliphatic heterocycles. The highest BCUT2D eigenvalue weighted by Crippen LogP contribution is 2.36. The first-order chi connectivity index (χ1) is 63.9. The Bertz CT molecular complexity index is 3500. The lowest BCUT2D eigenvalue weighted by molar-refractivity contribution is 0.379. The monoisotopic (exact) mass is 2030 g/mol. The maximum atomic E-state index is 4.95. The third kappa shape index (κ3) is 61.9. The molecular formula is C117H241Al7N14. The molecule has 800 valence electrons. The molecule has 0 bridgehead atoms. The SMILES string of the molecule is CC(/C=C(/C)[N](C(C)C)[Al]([CH](C)C)[CH](C)C)=NC(C)C.CCC(/C=C(/CC)[N](C(C)C)[Al]([CH](C)C)[CH](C)C)=NC(C)C.CCC(/C=C(/CC)[N](C(C)CC)[Al]([CH](C)C)[CH](C)C)=NC(C)CC.CCC(/C=C(/CC)[N](C)[Al]([CH](C)C)[CH](C)C)=NC.CCN=C(/C=C(/CC)[N](CC)[Al]([CH](C)C)[CH](C)C)CC.CCN=C(C)/C=C(/C)[N](CC)[Al]([CH](C)C)[CH](C)C.CN=C(C)/C=C(/C)[N](C)[Al]([CH](C)C)[CH](C)C. The molecule has 0 heterocycles.